The number of rotatable bonds is 3. The maximum atomic E-state index is 12.2. The van der Waals surface area contributed by atoms with Gasteiger partial charge >= 0.3 is 5.97 Å². The van der Waals surface area contributed by atoms with Crippen LogP contribution in [0.2, 0.25) is 0 Å². The van der Waals surface area contributed by atoms with E-state index in [4.69, 9.17) is 9.63 Å². The predicted octanol–water partition coefficient (Wildman–Crippen LogP) is 1.72. The lowest BCUT2D eigenvalue weighted by molar-refractivity contribution is 0.0697. The average molecular weight is 281 g/mol. The molecule has 0 aromatic carbocycles. The van der Waals surface area contributed by atoms with Gasteiger partial charge in [-0.2, -0.15) is 4.37 Å². The average Bonchev–Trinajstić information content (AvgIpc) is 2.93. The Labute approximate surface area is 112 Å². The van der Waals surface area contributed by atoms with E-state index in [0.717, 1.165) is 11.5 Å². The van der Waals surface area contributed by atoms with Crippen molar-refractivity contribution in [2.75, 3.05) is 11.9 Å². The van der Waals surface area contributed by atoms with E-state index in [0.29, 0.717) is 17.0 Å². The second kappa shape index (κ2) is 4.81. The molecule has 1 amide bonds. The van der Waals surface area contributed by atoms with Crippen LogP contribution in [0.25, 0.3) is 0 Å². The standard InChI is InChI=1S/C11H11N3O4S/c1-5-8(11(16)17)10(19-13-5)14(3)9(15)7-4-12-18-6(7)2/h4H,1-3H3,(H,16,17). The molecule has 0 aliphatic rings. The third-order valence-electron chi connectivity index (χ3n) is 2.65. The van der Waals surface area contributed by atoms with Gasteiger partial charge in [-0.25, -0.2) is 4.79 Å². The zero-order chi connectivity index (χ0) is 14.2. The van der Waals surface area contributed by atoms with E-state index < -0.39 is 5.97 Å². The van der Waals surface area contributed by atoms with Crippen molar-refractivity contribution in [3.8, 4) is 0 Å². The van der Waals surface area contributed by atoms with E-state index in [1.165, 1.54) is 18.1 Å². The van der Waals surface area contributed by atoms with Crippen LogP contribution in [0.5, 0.6) is 0 Å². The second-order valence-electron chi connectivity index (χ2n) is 3.91. The monoisotopic (exact) mass is 281 g/mol. The topological polar surface area (TPSA) is 96.5 Å². The van der Waals surface area contributed by atoms with Crippen molar-refractivity contribution >= 4 is 28.4 Å². The van der Waals surface area contributed by atoms with Crippen LogP contribution in [0.1, 0.15) is 32.2 Å². The summed E-state index contributed by atoms with van der Waals surface area (Å²) in [6.45, 7) is 3.20. The molecule has 2 aromatic rings. The first-order valence-electron chi connectivity index (χ1n) is 5.32. The highest BCUT2D eigenvalue weighted by Gasteiger charge is 2.26. The molecule has 19 heavy (non-hydrogen) atoms. The molecule has 0 unspecified atom stereocenters. The summed E-state index contributed by atoms with van der Waals surface area (Å²) in [6, 6.07) is 0. The first kappa shape index (κ1) is 13.2. The molecule has 2 rings (SSSR count). The number of carbonyl (C=O) groups is 2. The van der Waals surface area contributed by atoms with Gasteiger partial charge in [-0.15, -0.1) is 0 Å². The van der Waals surface area contributed by atoms with E-state index in [9.17, 15) is 9.59 Å². The Morgan fingerprint density at radius 3 is 2.63 bits per heavy atom. The van der Waals surface area contributed by atoms with Gasteiger partial charge in [0, 0.05) is 7.05 Å². The van der Waals surface area contributed by atoms with Crippen LogP contribution >= 0.6 is 11.5 Å². The summed E-state index contributed by atoms with van der Waals surface area (Å²) in [7, 11) is 1.49. The Hall–Kier alpha value is -2.22. The van der Waals surface area contributed by atoms with Crippen LogP contribution in [0.15, 0.2) is 10.7 Å². The number of amides is 1. The lowest BCUT2D eigenvalue weighted by Gasteiger charge is -2.14. The molecule has 0 aliphatic carbocycles. The molecule has 1 N–H and O–H groups in total. The normalized spacial score (nSPS) is 10.5. The minimum Gasteiger partial charge on any atom is -0.478 e. The van der Waals surface area contributed by atoms with E-state index in [1.54, 1.807) is 13.8 Å². The van der Waals surface area contributed by atoms with Crippen molar-refractivity contribution in [3.63, 3.8) is 0 Å². The highest BCUT2D eigenvalue weighted by atomic mass is 32.1. The number of anilines is 1. The van der Waals surface area contributed by atoms with E-state index >= 15 is 0 Å². The Balaban J connectivity index is 2.40. The number of aromatic carboxylic acids is 1. The highest BCUT2D eigenvalue weighted by Crippen LogP contribution is 2.29. The molecule has 7 nitrogen and oxygen atoms in total. The molecule has 100 valence electrons. The smallest absolute Gasteiger partial charge is 0.340 e. The number of carbonyl (C=O) groups excluding carboxylic acids is 1. The van der Waals surface area contributed by atoms with Gasteiger partial charge in [-0.05, 0) is 25.4 Å². The minimum atomic E-state index is -1.11. The van der Waals surface area contributed by atoms with Crippen LogP contribution in [0, 0.1) is 13.8 Å². The van der Waals surface area contributed by atoms with Gasteiger partial charge in [0.25, 0.3) is 5.91 Å². The fourth-order valence-corrected chi connectivity index (χ4v) is 2.46. The van der Waals surface area contributed by atoms with Crippen LogP contribution in [0.3, 0.4) is 0 Å². The third kappa shape index (κ3) is 2.22. The van der Waals surface area contributed by atoms with Gasteiger partial charge in [0.05, 0.1) is 11.9 Å². The first-order valence-corrected chi connectivity index (χ1v) is 6.09. The quantitative estimate of drug-likeness (QED) is 0.920. The molecule has 2 aromatic heterocycles. The number of hydrogen-bond donors (Lipinski definition) is 1. The fourth-order valence-electron chi connectivity index (χ4n) is 1.61. The first-order chi connectivity index (χ1) is 8.93. The predicted molar refractivity (Wildman–Crippen MR) is 67.8 cm³/mol. The highest BCUT2D eigenvalue weighted by molar-refractivity contribution is 7.11. The number of aromatic nitrogens is 2. The second-order valence-corrected chi connectivity index (χ2v) is 4.66. The maximum Gasteiger partial charge on any atom is 0.340 e. The summed E-state index contributed by atoms with van der Waals surface area (Å²) in [5.41, 5.74) is 0.717. The molecule has 0 radical (unpaired) electrons. The van der Waals surface area contributed by atoms with E-state index in [1.807, 2.05) is 0 Å². The molecule has 0 spiro atoms. The van der Waals surface area contributed by atoms with Gasteiger partial charge in [0.2, 0.25) is 0 Å². The summed E-state index contributed by atoms with van der Waals surface area (Å²) in [6.07, 6.45) is 1.31. The number of carboxylic acid groups (broad SMARTS) is 1. The lowest BCUT2D eigenvalue weighted by Crippen LogP contribution is -2.27. The van der Waals surface area contributed by atoms with Crippen LogP contribution in [0.4, 0.5) is 5.00 Å². The Bertz CT molecular complexity index is 646. The molecule has 0 saturated carbocycles. The van der Waals surface area contributed by atoms with Crippen molar-refractivity contribution in [1.82, 2.24) is 9.53 Å². The summed E-state index contributed by atoms with van der Waals surface area (Å²) in [4.78, 5) is 24.6. The van der Waals surface area contributed by atoms with Crippen LogP contribution < -0.4 is 4.90 Å². The number of carboxylic acids is 1. The van der Waals surface area contributed by atoms with Crippen molar-refractivity contribution in [3.05, 3.63) is 28.8 Å². The molecule has 2 heterocycles. The molecular formula is C11H11N3O4S. The largest absolute Gasteiger partial charge is 0.478 e. The van der Waals surface area contributed by atoms with Crippen molar-refractivity contribution in [1.29, 1.82) is 0 Å². The van der Waals surface area contributed by atoms with E-state index in [-0.39, 0.29) is 16.5 Å². The Morgan fingerprint density at radius 2 is 2.11 bits per heavy atom. The molecule has 0 atom stereocenters. The summed E-state index contributed by atoms with van der Waals surface area (Å²) >= 11 is 0.967. The molecular weight excluding hydrogens is 270 g/mol. The van der Waals surface area contributed by atoms with Gasteiger partial charge in [0.1, 0.15) is 21.9 Å². The SMILES string of the molecule is Cc1nsc(N(C)C(=O)c2cnoc2C)c1C(=O)O. The summed E-state index contributed by atoms with van der Waals surface area (Å²) in [5, 5.41) is 13.0. The van der Waals surface area contributed by atoms with Crippen molar-refractivity contribution in [2.45, 2.75) is 13.8 Å². The Morgan fingerprint density at radius 1 is 1.42 bits per heavy atom. The van der Waals surface area contributed by atoms with Crippen LogP contribution in [-0.4, -0.2) is 33.6 Å². The lowest BCUT2D eigenvalue weighted by atomic mass is 10.2. The molecule has 0 fully saturated rings. The third-order valence-corrected chi connectivity index (χ3v) is 3.67. The zero-order valence-electron chi connectivity index (χ0n) is 10.5. The minimum absolute atomic E-state index is 0.0370. The zero-order valence-corrected chi connectivity index (χ0v) is 11.3. The fraction of sp³-hybridized carbons (Fsp3) is 0.273. The number of hydrogen-bond acceptors (Lipinski definition) is 6. The van der Waals surface area contributed by atoms with Crippen molar-refractivity contribution < 1.29 is 19.2 Å². The molecule has 0 aliphatic heterocycles. The van der Waals surface area contributed by atoms with Gasteiger partial charge < -0.3 is 14.5 Å². The summed E-state index contributed by atoms with van der Waals surface area (Å²) in [5.74, 6) is -1.11. The maximum absolute atomic E-state index is 12.2. The molecule has 8 heteroatoms. The number of aryl methyl sites for hydroxylation is 2. The van der Waals surface area contributed by atoms with Gasteiger partial charge in [-0.1, -0.05) is 5.16 Å². The van der Waals surface area contributed by atoms with Crippen LogP contribution in [-0.2, 0) is 0 Å². The van der Waals surface area contributed by atoms with Crippen molar-refractivity contribution in [2.24, 2.45) is 0 Å². The Kier molecular flexibility index (Phi) is 3.34. The molecule has 0 saturated heterocycles. The number of nitrogens with zero attached hydrogens (tertiary/aromatic N) is 3. The van der Waals surface area contributed by atoms with Gasteiger partial charge in [-0.3, -0.25) is 4.79 Å². The summed E-state index contributed by atoms with van der Waals surface area (Å²) < 4.78 is 8.80. The van der Waals surface area contributed by atoms with E-state index in [2.05, 4.69) is 9.53 Å². The van der Waals surface area contributed by atoms with Gasteiger partial charge in [0.15, 0.2) is 0 Å². The molecule has 0 bridgehead atoms.